The van der Waals surface area contributed by atoms with Crippen molar-refractivity contribution in [2.24, 2.45) is 15.6 Å². The molecule has 2 aromatic rings. The molecule has 3 rings (SSSR count). The molecule has 2 aromatic carbocycles. The van der Waals surface area contributed by atoms with Gasteiger partial charge in [0.25, 0.3) is 0 Å². The molecule has 0 N–H and O–H groups in total. The molecule has 0 aromatic heterocycles. The highest BCUT2D eigenvalue weighted by atomic mass is 32.2. The first kappa shape index (κ1) is 22.2. The molecule has 0 saturated carbocycles. The normalized spacial score (nSPS) is 14.8. The van der Waals surface area contributed by atoms with Crippen LogP contribution in [0.5, 0.6) is 0 Å². The smallest absolute Gasteiger partial charge is 0.224 e. The van der Waals surface area contributed by atoms with E-state index in [1.54, 1.807) is 18.3 Å². The van der Waals surface area contributed by atoms with E-state index in [4.69, 9.17) is 0 Å². The fourth-order valence-corrected chi connectivity index (χ4v) is 5.77. The standard InChI is InChI=1S/C22H23F3N2O2S/c1-3-21(4-2,19-13-26-27-14-19)15-30(28,29)20-11-7-17(8-12-20)16-5-9-18(10-6-16)22(23,24)25/h5-13H,3-4,14-15H2,1-2H3. The van der Waals surface area contributed by atoms with E-state index < -0.39 is 27.0 Å². The second-order valence-corrected chi connectivity index (χ2v) is 9.40. The van der Waals surface area contributed by atoms with Gasteiger partial charge in [0.05, 0.1) is 29.0 Å². The first-order chi connectivity index (χ1) is 14.1. The number of rotatable bonds is 7. The third kappa shape index (κ3) is 4.48. The Balaban J connectivity index is 1.84. The summed E-state index contributed by atoms with van der Waals surface area (Å²) < 4.78 is 64.4. The lowest BCUT2D eigenvalue weighted by molar-refractivity contribution is -0.137. The highest BCUT2D eigenvalue weighted by Crippen LogP contribution is 2.40. The zero-order valence-corrected chi connectivity index (χ0v) is 17.6. The minimum atomic E-state index is -4.39. The van der Waals surface area contributed by atoms with Crippen LogP contribution in [0, 0.1) is 5.41 Å². The van der Waals surface area contributed by atoms with Crippen LogP contribution >= 0.6 is 0 Å². The molecule has 0 amide bonds. The van der Waals surface area contributed by atoms with E-state index in [1.807, 2.05) is 13.8 Å². The van der Waals surface area contributed by atoms with E-state index >= 15 is 0 Å². The van der Waals surface area contributed by atoms with Crippen LogP contribution in [0.25, 0.3) is 11.1 Å². The van der Waals surface area contributed by atoms with Gasteiger partial charge in [-0.3, -0.25) is 0 Å². The van der Waals surface area contributed by atoms with Crippen molar-refractivity contribution in [2.75, 3.05) is 12.3 Å². The second-order valence-electron chi connectivity index (χ2n) is 7.42. The lowest BCUT2D eigenvalue weighted by Crippen LogP contribution is -2.32. The number of alkyl halides is 3. The van der Waals surface area contributed by atoms with Gasteiger partial charge in [-0.05, 0) is 53.8 Å². The molecule has 0 saturated heterocycles. The zero-order chi connectivity index (χ0) is 22.0. The van der Waals surface area contributed by atoms with Crippen molar-refractivity contribution in [2.45, 2.75) is 37.8 Å². The van der Waals surface area contributed by atoms with Gasteiger partial charge in [0.15, 0.2) is 9.84 Å². The summed E-state index contributed by atoms with van der Waals surface area (Å²) in [6.07, 6.45) is -1.42. The summed E-state index contributed by atoms with van der Waals surface area (Å²) in [4.78, 5) is 0.192. The molecule has 160 valence electrons. The molecule has 8 heteroatoms. The Morgan fingerprint density at radius 3 is 1.87 bits per heavy atom. The predicted molar refractivity (Wildman–Crippen MR) is 110 cm³/mol. The Labute approximate surface area is 174 Å². The summed E-state index contributed by atoms with van der Waals surface area (Å²) >= 11 is 0. The summed E-state index contributed by atoms with van der Waals surface area (Å²) in [6.45, 7) is 4.35. The van der Waals surface area contributed by atoms with Crippen LogP contribution in [0.4, 0.5) is 13.2 Å². The molecule has 1 aliphatic heterocycles. The third-order valence-corrected chi connectivity index (χ3v) is 7.72. The van der Waals surface area contributed by atoms with Gasteiger partial charge in [-0.15, -0.1) is 0 Å². The number of hydrogen-bond donors (Lipinski definition) is 0. The van der Waals surface area contributed by atoms with Gasteiger partial charge in [-0.1, -0.05) is 38.1 Å². The summed E-state index contributed by atoms with van der Waals surface area (Å²) in [5, 5.41) is 7.86. The summed E-state index contributed by atoms with van der Waals surface area (Å²) in [7, 11) is -3.58. The quantitative estimate of drug-likeness (QED) is 0.511. The average Bonchev–Trinajstić information content (AvgIpc) is 3.27. The van der Waals surface area contributed by atoms with Crippen molar-refractivity contribution in [3.05, 3.63) is 65.9 Å². The van der Waals surface area contributed by atoms with Crippen LogP contribution in [0.1, 0.15) is 32.3 Å². The van der Waals surface area contributed by atoms with Gasteiger partial charge in [-0.2, -0.15) is 23.4 Å². The second kappa shape index (κ2) is 8.34. The Morgan fingerprint density at radius 1 is 0.900 bits per heavy atom. The summed E-state index contributed by atoms with van der Waals surface area (Å²) in [5.74, 6) is -0.0382. The molecule has 0 radical (unpaired) electrons. The minimum Gasteiger partial charge on any atom is -0.224 e. The summed E-state index contributed by atoms with van der Waals surface area (Å²) in [5.41, 5.74) is 0.922. The van der Waals surface area contributed by atoms with Gasteiger partial charge in [0.2, 0.25) is 0 Å². The van der Waals surface area contributed by atoms with Gasteiger partial charge in [0, 0.05) is 5.41 Å². The number of azo groups is 1. The van der Waals surface area contributed by atoms with Crippen LogP contribution in [0.15, 0.2) is 75.4 Å². The minimum absolute atomic E-state index is 0.0382. The fraction of sp³-hybridized carbons (Fsp3) is 0.364. The molecule has 0 unspecified atom stereocenters. The van der Waals surface area contributed by atoms with Crippen molar-refractivity contribution in [1.29, 1.82) is 0 Å². The van der Waals surface area contributed by atoms with E-state index in [1.165, 1.54) is 24.3 Å². The van der Waals surface area contributed by atoms with Crippen molar-refractivity contribution in [3.8, 4) is 11.1 Å². The van der Waals surface area contributed by atoms with Gasteiger partial charge < -0.3 is 0 Å². The SMILES string of the molecule is CCC(CC)(CS(=O)(=O)c1ccc(-c2ccc(C(F)(F)F)cc2)cc1)C1=CN=NC1. The van der Waals surface area contributed by atoms with E-state index in [9.17, 15) is 21.6 Å². The fourth-order valence-electron chi connectivity index (χ4n) is 3.73. The average molecular weight is 436 g/mol. The molecule has 1 aliphatic rings. The van der Waals surface area contributed by atoms with Crippen molar-refractivity contribution in [3.63, 3.8) is 0 Å². The van der Waals surface area contributed by atoms with E-state index in [0.29, 0.717) is 30.5 Å². The molecule has 0 atom stereocenters. The van der Waals surface area contributed by atoms with Crippen molar-refractivity contribution >= 4 is 9.84 Å². The largest absolute Gasteiger partial charge is 0.416 e. The zero-order valence-electron chi connectivity index (χ0n) is 16.8. The Kier molecular flexibility index (Phi) is 6.17. The maximum absolute atomic E-state index is 13.1. The molecule has 0 aliphatic carbocycles. The topological polar surface area (TPSA) is 58.9 Å². The van der Waals surface area contributed by atoms with Crippen molar-refractivity contribution < 1.29 is 21.6 Å². The lowest BCUT2D eigenvalue weighted by atomic mass is 9.77. The van der Waals surface area contributed by atoms with Crippen LogP contribution in [0.3, 0.4) is 0 Å². The molecule has 0 spiro atoms. The van der Waals surface area contributed by atoms with E-state index in [-0.39, 0.29) is 10.6 Å². The molecule has 1 heterocycles. The molecule has 0 bridgehead atoms. The number of halogens is 3. The van der Waals surface area contributed by atoms with Crippen LogP contribution in [0.2, 0.25) is 0 Å². The van der Waals surface area contributed by atoms with Gasteiger partial charge in [0.1, 0.15) is 0 Å². The highest BCUT2D eigenvalue weighted by molar-refractivity contribution is 7.91. The Hall–Kier alpha value is -2.48. The number of nitrogens with zero attached hydrogens (tertiary/aromatic N) is 2. The van der Waals surface area contributed by atoms with Crippen molar-refractivity contribution in [1.82, 2.24) is 0 Å². The van der Waals surface area contributed by atoms with E-state index in [2.05, 4.69) is 10.2 Å². The first-order valence-electron chi connectivity index (χ1n) is 9.68. The highest BCUT2D eigenvalue weighted by Gasteiger charge is 2.37. The van der Waals surface area contributed by atoms with E-state index in [0.717, 1.165) is 17.7 Å². The number of hydrogen-bond acceptors (Lipinski definition) is 4. The maximum atomic E-state index is 13.1. The molecule has 4 nitrogen and oxygen atoms in total. The molecular weight excluding hydrogens is 413 g/mol. The lowest BCUT2D eigenvalue weighted by Gasteiger charge is -2.32. The molecular formula is C22H23F3N2O2S. The van der Waals surface area contributed by atoms with Crippen LogP contribution in [-0.4, -0.2) is 20.7 Å². The third-order valence-electron chi connectivity index (χ3n) is 5.80. The Morgan fingerprint density at radius 2 is 1.43 bits per heavy atom. The Bertz CT molecular complexity index is 1050. The number of sulfone groups is 1. The van der Waals surface area contributed by atoms with Gasteiger partial charge >= 0.3 is 6.18 Å². The molecule has 0 fully saturated rings. The number of benzene rings is 2. The first-order valence-corrected chi connectivity index (χ1v) is 11.3. The maximum Gasteiger partial charge on any atom is 0.416 e. The monoisotopic (exact) mass is 436 g/mol. The predicted octanol–water partition coefficient (Wildman–Crippen LogP) is 6.30. The summed E-state index contributed by atoms with van der Waals surface area (Å²) in [6, 6.07) is 11.1. The van der Waals surface area contributed by atoms with Crippen LogP contribution in [-0.2, 0) is 16.0 Å². The van der Waals surface area contributed by atoms with Gasteiger partial charge in [-0.25, -0.2) is 8.42 Å². The molecule has 30 heavy (non-hydrogen) atoms. The van der Waals surface area contributed by atoms with Crippen LogP contribution < -0.4 is 0 Å².